The Hall–Kier alpha value is -0.990. The Morgan fingerprint density at radius 1 is 1.15 bits per heavy atom. The molecule has 0 aliphatic rings. The van der Waals surface area contributed by atoms with Crippen LogP contribution < -0.4 is 5.32 Å². The number of benzene rings is 2. The van der Waals surface area contributed by atoms with Gasteiger partial charge in [-0.1, -0.05) is 61.7 Å². The lowest BCUT2D eigenvalue weighted by atomic mass is 10.0. The molecule has 3 heteroatoms. The van der Waals surface area contributed by atoms with E-state index in [0.717, 1.165) is 21.6 Å². The van der Waals surface area contributed by atoms with E-state index in [-0.39, 0.29) is 0 Å². The summed E-state index contributed by atoms with van der Waals surface area (Å²) in [5.41, 5.74) is 2.42. The van der Waals surface area contributed by atoms with Crippen molar-refractivity contribution in [2.24, 2.45) is 0 Å². The second kappa shape index (κ2) is 7.70. The maximum atomic E-state index is 6.04. The van der Waals surface area contributed by atoms with E-state index in [9.17, 15) is 0 Å². The predicted octanol–water partition coefficient (Wildman–Crippen LogP) is 6.45. The molecule has 1 atom stereocenters. The van der Waals surface area contributed by atoms with Crippen LogP contribution in [0.25, 0.3) is 0 Å². The number of rotatable bonds is 6. The lowest BCUT2D eigenvalue weighted by Gasteiger charge is -2.20. The Balaban J connectivity index is 2.17. The van der Waals surface area contributed by atoms with Crippen molar-refractivity contribution in [2.75, 3.05) is 5.32 Å². The van der Waals surface area contributed by atoms with Crippen molar-refractivity contribution in [1.82, 2.24) is 0 Å². The molecule has 20 heavy (non-hydrogen) atoms. The quantitative estimate of drug-likeness (QED) is 0.630. The summed E-state index contributed by atoms with van der Waals surface area (Å²) in [6, 6.07) is 16.9. The first kappa shape index (κ1) is 15.4. The van der Waals surface area contributed by atoms with E-state index in [1.807, 2.05) is 18.2 Å². The van der Waals surface area contributed by atoms with Crippen LogP contribution in [-0.4, -0.2) is 0 Å². The Kier molecular flexibility index (Phi) is 5.93. The molecule has 0 spiro atoms. The van der Waals surface area contributed by atoms with Crippen LogP contribution in [-0.2, 0) is 0 Å². The normalized spacial score (nSPS) is 12.2. The first-order chi connectivity index (χ1) is 9.70. The second-order valence-corrected chi connectivity index (χ2v) is 6.14. The number of hydrogen-bond acceptors (Lipinski definition) is 1. The third kappa shape index (κ3) is 4.26. The van der Waals surface area contributed by atoms with Gasteiger partial charge < -0.3 is 5.32 Å². The van der Waals surface area contributed by atoms with E-state index in [1.165, 1.54) is 18.4 Å². The van der Waals surface area contributed by atoms with E-state index < -0.39 is 0 Å². The molecule has 2 aromatic carbocycles. The van der Waals surface area contributed by atoms with E-state index in [1.54, 1.807) is 0 Å². The molecule has 0 bridgehead atoms. The van der Waals surface area contributed by atoms with Gasteiger partial charge in [0.2, 0.25) is 0 Å². The van der Waals surface area contributed by atoms with Gasteiger partial charge in [-0.2, -0.15) is 0 Å². The van der Waals surface area contributed by atoms with Gasteiger partial charge in [-0.05, 0) is 46.1 Å². The fraction of sp³-hybridized carbons (Fsp3) is 0.294. The molecule has 106 valence electrons. The summed E-state index contributed by atoms with van der Waals surface area (Å²) in [5.74, 6) is 0. The van der Waals surface area contributed by atoms with Gasteiger partial charge in [0, 0.05) is 10.2 Å². The summed E-state index contributed by atoms with van der Waals surface area (Å²) in [6.07, 6.45) is 3.54. The van der Waals surface area contributed by atoms with Crippen molar-refractivity contribution in [3.8, 4) is 0 Å². The zero-order valence-corrected chi connectivity index (χ0v) is 13.9. The maximum Gasteiger partial charge on any atom is 0.0549 e. The van der Waals surface area contributed by atoms with Crippen LogP contribution in [0.5, 0.6) is 0 Å². The zero-order valence-electron chi connectivity index (χ0n) is 11.6. The van der Waals surface area contributed by atoms with Crippen molar-refractivity contribution in [1.29, 1.82) is 0 Å². The van der Waals surface area contributed by atoms with Gasteiger partial charge in [0.15, 0.2) is 0 Å². The molecule has 0 aliphatic carbocycles. The topological polar surface area (TPSA) is 12.0 Å². The van der Waals surface area contributed by atoms with Gasteiger partial charge in [0.1, 0.15) is 0 Å². The van der Waals surface area contributed by atoms with Crippen LogP contribution in [0.2, 0.25) is 5.02 Å². The smallest absolute Gasteiger partial charge is 0.0549 e. The van der Waals surface area contributed by atoms with Gasteiger partial charge in [-0.15, -0.1) is 0 Å². The van der Waals surface area contributed by atoms with Crippen molar-refractivity contribution >= 4 is 33.2 Å². The fourth-order valence-corrected chi connectivity index (χ4v) is 2.70. The molecule has 0 saturated carbocycles. The molecule has 0 heterocycles. The van der Waals surface area contributed by atoms with Crippen molar-refractivity contribution in [3.63, 3.8) is 0 Å². The maximum absolute atomic E-state index is 6.04. The van der Waals surface area contributed by atoms with Crippen LogP contribution >= 0.6 is 27.5 Å². The SMILES string of the molecule is CCCCC(Nc1ccc(Cl)c(Br)c1)c1ccccc1. The van der Waals surface area contributed by atoms with Crippen LogP contribution in [0.15, 0.2) is 53.0 Å². The lowest BCUT2D eigenvalue weighted by Crippen LogP contribution is -2.10. The molecule has 0 aliphatic heterocycles. The first-order valence-corrected chi connectivity index (χ1v) is 8.14. The largest absolute Gasteiger partial charge is 0.378 e. The van der Waals surface area contributed by atoms with E-state index in [4.69, 9.17) is 11.6 Å². The molecule has 0 fully saturated rings. The highest BCUT2D eigenvalue weighted by molar-refractivity contribution is 9.10. The molecule has 2 rings (SSSR count). The molecule has 2 aromatic rings. The van der Waals surface area contributed by atoms with Crippen molar-refractivity contribution in [2.45, 2.75) is 32.2 Å². The van der Waals surface area contributed by atoms with Crippen molar-refractivity contribution < 1.29 is 0 Å². The second-order valence-electron chi connectivity index (χ2n) is 4.88. The molecule has 1 N–H and O–H groups in total. The molecule has 0 aromatic heterocycles. The molecule has 0 radical (unpaired) electrons. The summed E-state index contributed by atoms with van der Waals surface area (Å²) in [7, 11) is 0. The highest BCUT2D eigenvalue weighted by atomic mass is 79.9. The third-order valence-electron chi connectivity index (χ3n) is 3.31. The monoisotopic (exact) mass is 351 g/mol. The summed E-state index contributed by atoms with van der Waals surface area (Å²) in [5, 5.41) is 4.35. The zero-order chi connectivity index (χ0) is 14.4. The first-order valence-electron chi connectivity index (χ1n) is 6.97. The Labute approximate surface area is 134 Å². The number of anilines is 1. The standard InChI is InChI=1S/C17H19BrClN/c1-2-3-9-17(13-7-5-4-6-8-13)20-14-10-11-16(19)15(18)12-14/h4-8,10-12,17,20H,2-3,9H2,1H3. The van der Waals surface area contributed by atoms with E-state index in [2.05, 4.69) is 58.5 Å². The van der Waals surface area contributed by atoms with Gasteiger partial charge in [-0.25, -0.2) is 0 Å². The van der Waals surface area contributed by atoms with E-state index in [0.29, 0.717) is 6.04 Å². The van der Waals surface area contributed by atoms with Crippen LogP contribution in [0.4, 0.5) is 5.69 Å². The number of unbranched alkanes of at least 4 members (excludes halogenated alkanes) is 1. The van der Waals surface area contributed by atoms with Crippen molar-refractivity contribution in [3.05, 3.63) is 63.6 Å². The Morgan fingerprint density at radius 2 is 1.90 bits per heavy atom. The summed E-state index contributed by atoms with van der Waals surface area (Å²) < 4.78 is 0.923. The molecule has 1 nitrogen and oxygen atoms in total. The molecule has 0 saturated heterocycles. The molecular formula is C17H19BrClN. The van der Waals surface area contributed by atoms with Gasteiger partial charge in [0.05, 0.1) is 11.1 Å². The third-order valence-corrected chi connectivity index (χ3v) is 4.52. The van der Waals surface area contributed by atoms with Gasteiger partial charge in [0.25, 0.3) is 0 Å². The van der Waals surface area contributed by atoms with Crippen LogP contribution in [0.3, 0.4) is 0 Å². The minimum Gasteiger partial charge on any atom is -0.378 e. The number of halogens is 2. The molecule has 0 amide bonds. The minimum atomic E-state index is 0.337. The number of nitrogens with one attached hydrogen (secondary N) is 1. The highest BCUT2D eigenvalue weighted by Crippen LogP contribution is 2.29. The number of hydrogen-bond donors (Lipinski definition) is 1. The average molecular weight is 353 g/mol. The van der Waals surface area contributed by atoms with Crippen LogP contribution in [0, 0.1) is 0 Å². The molecule has 1 unspecified atom stereocenters. The van der Waals surface area contributed by atoms with Crippen LogP contribution in [0.1, 0.15) is 37.8 Å². The molecular weight excluding hydrogens is 334 g/mol. The summed E-state index contributed by atoms with van der Waals surface area (Å²) >= 11 is 9.52. The van der Waals surface area contributed by atoms with Gasteiger partial charge >= 0.3 is 0 Å². The average Bonchev–Trinajstić information content (AvgIpc) is 2.48. The fourth-order valence-electron chi connectivity index (χ4n) is 2.20. The van der Waals surface area contributed by atoms with E-state index >= 15 is 0 Å². The highest BCUT2D eigenvalue weighted by Gasteiger charge is 2.11. The lowest BCUT2D eigenvalue weighted by molar-refractivity contribution is 0.634. The minimum absolute atomic E-state index is 0.337. The van der Waals surface area contributed by atoms with Gasteiger partial charge in [-0.3, -0.25) is 0 Å². The Bertz CT molecular complexity index is 542. The predicted molar refractivity (Wildman–Crippen MR) is 91.5 cm³/mol. The Morgan fingerprint density at radius 3 is 2.55 bits per heavy atom. The summed E-state index contributed by atoms with van der Waals surface area (Å²) in [6.45, 7) is 2.22. The summed E-state index contributed by atoms with van der Waals surface area (Å²) in [4.78, 5) is 0.